The minimum atomic E-state index is -0.903. The summed E-state index contributed by atoms with van der Waals surface area (Å²) in [5, 5.41) is 8.53. The van der Waals surface area contributed by atoms with E-state index in [-0.39, 0.29) is 57.2 Å². The molecule has 33 heavy (non-hydrogen) atoms. The van der Waals surface area contributed by atoms with Crippen molar-refractivity contribution < 1.29 is 29.0 Å². The number of carbonyl (C=O) groups is 3. The molecular weight excluding hydrogens is 422 g/mol. The van der Waals surface area contributed by atoms with E-state index in [9.17, 15) is 14.4 Å². The average molecular weight is 454 g/mol. The molecule has 1 heterocycles. The summed E-state index contributed by atoms with van der Waals surface area (Å²) < 4.78 is 10.5. The number of nitrogens with zero attached hydrogens (tertiary/aromatic N) is 1. The van der Waals surface area contributed by atoms with E-state index in [1.54, 1.807) is 0 Å². The molecule has 2 aromatic rings. The van der Waals surface area contributed by atoms with E-state index in [4.69, 9.17) is 14.6 Å². The van der Waals surface area contributed by atoms with Gasteiger partial charge in [0.05, 0.1) is 39.4 Å². The number of ether oxygens (including phenoxy) is 2. The molecule has 1 N–H and O–H groups in total. The number of carboxylic acids is 1. The fourth-order valence-electron chi connectivity index (χ4n) is 3.86. The van der Waals surface area contributed by atoms with Crippen LogP contribution in [0, 0.1) is 0 Å². The van der Waals surface area contributed by atoms with Gasteiger partial charge in [-0.05, 0) is 35.6 Å². The first-order valence-electron chi connectivity index (χ1n) is 11.4. The molecule has 2 aromatic carbocycles. The van der Waals surface area contributed by atoms with E-state index in [0.29, 0.717) is 13.2 Å². The molecule has 1 amide bonds. The van der Waals surface area contributed by atoms with Gasteiger partial charge in [0.2, 0.25) is 5.91 Å². The summed E-state index contributed by atoms with van der Waals surface area (Å²) in [6.45, 7) is 1.50. The van der Waals surface area contributed by atoms with E-state index < -0.39 is 5.97 Å². The van der Waals surface area contributed by atoms with Crippen LogP contribution in [0.3, 0.4) is 0 Å². The number of hydrogen-bond acceptors (Lipinski definition) is 5. The third-order valence-electron chi connectivity index (χ3n) is 5.67. The fourth-order valence-corrected chi connectivity index (χ4v) is 3.86. The number of carbonyl (C=O) groups excluding carboxylic acids is 2. The maximum atomic E-state index is 13.1. The Bertz CT molecular complexity index is 957. The Hall–Kier alpha value is -3.03. The van der Waals surface area contributed by atoms with E-state index in [1.807, 2.05) is 35.2 Å². The summed E-state index contributed by atoms with van der Waals surface area (Å²) in [4.78, 5) is 37.6. The maximum absolute atomic E-state index is 13.1. The zero-order valence-corrected chi connectivity index (χ0v) is 18.8. The molecule has 7 heteroatoms. The Labute approximate surface area is 194 Å². The van der Waals surface area contributed by atoms with Crippen LogP contribution in [0.15, 0.2) is 48.5 Å². The average Bonchev–Trinajstić information content (AvgIpc) is 2.80. The highest BCUT2D eigenvalue weighted by Crippen LogP contribution is 2.29. The van der Waals surface area contributed by atoms with Gasteiger partial charge in [0.1, 0.15) is 5.78 Å². The zero-order valence-electron chi connectivity index (χ0n) is 18.8. The van der Waals surface area contributed by atoms with Crippen LogP contribution in [0.25, 0.3) is 0 Å². The first-order chi connectivity index (χ1) is 16.0. The number of benzene rings is 2. The van der Waals surface area contributed by atoms with Gasteiger partial charge in [-0.25, -0.2) is 0 Å². The minimum Gasteiger partial charge on any atom is -0.481 e. The number of rotatable bonds is 12. The van der Waals surface area contributed by atoms with Gasteiger partial charge in [-0.2, -0.15) is 0 Å². The monoisotopic (exact) mass is 453 g/mol. The number of ketones is 1. The highest BCUT2D eigenvalue weighted by atomic mass is 16.5. The number of anilines is 1. The van der Waals surface area contributed by atoms with Gasteiger partial charge in [-0.1, -0.05) is 42.5 Å². The van der Waals surface area contributed by atoms with Gasteiger partial charge in [-0.15, -0.1) is 0 Å². The Morgan fingerprint density at radius 3 is 2.06 bits per heavy atom. The highest BCUT2D eigenvalue weighted by Gasteiger charge is 2.22. The maximum Gasteiger partial charge on any atom is 0.305 e. The van der Waals surface area contributed by atoms with Crippen LogP contribution >= 0.6 is 0 Å². The number of carboxylic acid groups (broad SMARTS) is 1. The second-order valence-electron chi connectivity index (χ2n) is 8.03. The number of amides is 1. The summed E-state index contributed by atoms with van der Waals surface area (Å²) in [5.41, 5.74) is 4.47. The van der Waals surface area contributed by atoms with E-state index >= 15 is 0 Å². The van der Waals surface area contributed by atoms with Crippen molar-refractivity contribution in [3.05, 3.63) is 65.2 Å². The molecule has 0 aliphatic carbocycles. The SMILES string of the molecule is O=C(O)CCOCCOCCC(=O)CCC(=O)N1Cc2ccccc2CCc2ccccc21. The van der Waals surface area contributed by atoms with E-state index in [0.717, 1.165) is 29.7 Å². The Kier molecular flexibility index (Phi) is 9.59. The number of fused-ring (bicyclic) bond motifs is 2. The molecular formula is C26H31NO6. The first kappa shape index (κ1) is 24.6. The molecule has 0 fully saturated rings. The number of aryl methyl sites for hydroxylation is 2. The van der Waals surface area contributed by atoms with Crippen molar-refractivity contribution in [1.82, 2.24) is 0 Å². The van der Waals surface area contributed by atoms with Gasteiger partial charge in [0, 0.05) is 24.9 Å². The standard InChI is InChI=1S/C26H31NO6/c28-23(13-15-32-17-18-33-16-14-26(30)31)11-12-25(29)27-19-22-7-2-1-5-20(22)9-10-21-6-3-4-8-24(21)27/h1-8H,9-19H2,(H,30,31). The lowest BCUT2D eigenvalue weighted by molar-refractivity contribution is -0.138. The summed E-state index contributed by atoms with van der Waals surface area (Å²) >= 11 is 0. The largest absolute Gasteiger partial charge is 0.481 e. The molecule has 1 aliphatic rings. The summed E-state index contributed by atoms with van der Waals surface area (Å²) in [7, 11) is 0. The predicted octanol–water partition coefficient (Wildman–Crippen LogP) is 3.57. The van der Waals surface area contributed by atoms with Crippen LogP contribution in [-0.2, 0) is 43.2 Å². The lowest BCUT2D eigenvalue weighted by Gasteiger charge is -2.29. The molecule has 0 saturated carbocycles. The smallest absolute Gasteiger partial charge is 0.305 e. The Balaban J connectivity index is 1.47. The lowest BCUT2D eigenvalue weighted by Crippen LogP contribution is -2.33. The topological polar surface area (TPSA) is 93.1 Å². The number of aliphatic carboxylic acids is 1. The molecule has 0 unspecified atom stereocenters. The van der Waals surface area contributed by atoms with Gasteiger partial charge in [0.25, 0.3) is 0 Å². The normalized spacial score (nSPS) is 12.9. The van der Waals surface area contributed by atoms with Gasteiger partial charge >= 0.3 is 5.97 Å². The third kappa shape index (κ3) is 7.80. The molecule has 176 valence electrons. The second kappa shape index (κ2) is 12.9. The minimum absolute atomic E-state index is 0.0177. The van der Waals surface area contributed by atoms with Crippen LogP contribution in [0.2, 0.25) is 0 Å². The molecule has 0 radical (unpaired) electrons. The van der Waals surface area contributed by atoms with Gasteiger partial charge < -0.3 is 19.5 Å². The zero-order chi connectivity index (χ0) is 23.5. The van der Waals surface area contributed by atoms with Crippen LogP contribution in [-0.4, -0.2) is 49.2 Å². The molecule has 0 spiro atoms. The van der Waals surface area contributed by atoms with Crippen molar-refractivity contribution in [3.8, 4) is 0 Å². The van der Waals surface area contributed by atoms with E-state index in [1.165, 1.54) is 5.56 Å². The number of hydrogen-bond donors (Lipinski definition) is 1. The van der Waals surface area contributed by atoms with Crippen molar-refractivity contribution in [2.75, 3.05) is 31.3 Å². The van der Waals surface area contributed by atoms with Gasteiger partial charge in [-0.3, -0.25) is 14.4 Å². The molecule has 0 bridgehead atoms. The Morgan fingerprint density at radius 1 is 0.727 bits per heavy atom. The quantitative estimate of drug-likeness (QED) is 0.494. The van der Waals surface area contributed by atoms with Crippen LogP contribution in [0.4, 0.5) is 5.69 Å². The number of Topliss-reactive ketones (excluding diaryl/α,β-unsaturated/α-hetero) is 1. The molecule has 0 atom stereocenters. The third-order valence-corrected chi connectivity index (χ3v) is 5.67. The van der Waals surface area contributed by atoms with Crippen LogP contribution in [0.5, 0.6) is 0 Å². The van der Waals surface area contributed by atoms with Crippen molar-refractivity contribution in [3.63, 3.8) is 0 Å². The summed E-state index contributed by atoms with van der Waals surface area (Å²) in [6, 6.07) is 16.2. The van der Waals surface area contributed by atoms with E-state index in [2.05, 4.69) is 18.2 Å². The van der Waals surface area contributed by atoms with Crippen molar-refractivity contribution in [1.29, 1.82) is 0 Å². The van der Waals surface area contributed by atoms with Crippen molar-refractivity contribution >= 4 is 23.3 Å². The fraction of sp³-hybridized carbons (Fsp3) is 0.423. The highest BCUT2D eigenvalue weighted by molar-refractivity contribution is 5.96. The Morgan fingerprint density at radius 2 is 1.33 bits per heavy atom. The first-order valence-corrected chi connectivity index (χ1v) is 11.4. The molecule has 1 aliphatic heterocycles. The van der Waals surface area contributed by atoms with Crippen LogP contribution in [0.1, 0.15) is 42.4 Å². The van der Waals surface area contributed by atoms with Crippen LogP contribution < -0.4 is 4.90 Å². The van der Waals surface area contributed by atoms with Crippen molar-refractivity contribution in [2.24, 2.45) is 0 Å². The lowest BCUT2D eigenvalue weighted by atomic mass is 9.95. The predicted molar refractivity (Wildman–Crippen MR) is 124 cm³/mol. The second-order valence-corrected chi connectivity index (χ2v) is 8.03. The summed E-state index contributed by atoms with van der Waals surface area (Å²) in [6.07, 6.45) is 2.35. The molecule has 0 saturated heterocycles. The molecule has 3 rings (SSSR count). The van der Waals surface area contributed by atoms with Gasteiger partial charge in [0.15, 0.2) is 0 Å². The van der Waals surface area contributed by atoms with Crippen molar-refractivity contribution in [2.45, 2.75) is 45.1 Å². The number of para-hydroxylation sites is 1. The summed E-state index contributed by atoms with van der Waals surface area (Å²) in [5.74, 6) is -0.976. The molecule has 7 nitrogen and oxygen atoms in total. The molecule has 0 aromatic heterocycles.